The highest BCUT2D eigenvalue weighted by atomic mass is 16.5. The molecule has 2 rings (SSSR count). The Morgan fingerprint density at radius 3 is 2.83 bits per heavy atom. The largest absolute Gasteiger partial charge is 0.497 e. The van der Waals surface area contributed by atoms with Gasteiger partial charge in [0, 0.05) is 18.3 Å². The second kappa shape index (κ2) is 10.1. The van der Waals surface area contributed by atoms with E-state index in [1.54, 1.807) is 7.11 Å². The number of methoxy groups -OCH3 is 1. The summed E-state index contributed by atoms with van der Waals surface area (Å²) < 4.78 is 5.19. The standard InChI is InChI=1S/C18H30N4O/c1-23-17-10-8-9-16(15-17)21-18(19)20-11-4-2-5-12-22-13-6-3-7-14-22/h8-10,15H,2-7,11-14H2,1H3,(H3,19,20,21). The Balaban J connectivity index is 1.59. The van der Waals surface area contributed by atoms with Gasteiger partial charge in [-0.15, -0.1) is 0 Å². The first-order valence-electron chi connectivity index (χ1n) is 8.71. The summed E-state index contributed by atoms with van der Waals surface area (Å²) in [4.78, 5) is 6.98. The van der Waals surface area contributed by atoms with E-state index in [4.69, 9.17) is 10.5 Å². The monoisotopic (exact) mass is 318 g/mol. The zero-order valence-corrected chi connectivity index (χ0v) is 14.3. The van der Waals surface area contributed by atoms with E-state index in [1.165, 1.54) is 51.7 Å². The number of unbranched alkanes of at least 4 members (excludes halogenated alkanes) is 2. The van der Waals surface area contributed by atoms with Crippen molar-refractivity contribution in [2.24, 2.45) is 10.7 Å². The number of nitrogens with one attached hydrogen (secondary N) is 1. The van der Waals surface area contributed by atoms with Crippen LogP contribution in [0.1, 0.15) is 38.5 Å². The molecule has 23 heavy (non-hydrogen) atoms. The smallest absolute Gasteiger partial charge is 0.193 e. The number of piperidine rings is 1. The molecule has 1 aromatic carbocycles. The second-order valence-corrected chi connectivity index (χ2v) is 6.09. The Hall–Kier alpha value is -1.75. The van der Waals surface area contributed by atoms with Gasteiger partial charge in [0.15, 0.2) is 5.96 Å². The van der Waals surface area contributed by atoms with Crippen LogP contribution in [0.3, 0.4) is 0 Å². The zero-order chi connectivity index (χ0) is 16.3. The van der Waals surface area contributed by atoms with Crippen LogP contribution in [0.5, 0.6) is 5.75 Å². The van der Waals surface area contributed by atoms with Crippen molar-refractivity contribution in [3.63, 3.8) is 0 Å². The number of nitrogens with zero attached hydrogens (tertiary/aromatic N) is 2. The van der Waals surface area contributed by atoms with Crippen LogP contribution in [0.15, 0.2) is 29.3 Å². The third-order valence-electron chi connectivity index (χ3n) is 4.21. The number of hydrogen-bond donors (Lipinski definition) is 2. The molecule has 1 aliphatic heterocycles. The molecular formula is C18H30N4O. The zero-order valence-electron chi connectivity index (χ0n) is 14.3. The first-order chi connectivity index (χ1) is 11.3. The number of rotatable bonds is 8. The Morgan fingerprint density at radius 2 is 2.04 bits per heavy atom. The summed E-state index contributed by atoms with van der Waals surface area (Å²) in [7, 11) is 1.65. The van der Waals surface area contributed by atoms with E-state index in [2.05, 4.69) is 15.2 Å². The van der Waals surface area contributed by atoms with Gasteiger partial charge < -0.3 is 20.7 Å². The summed E-state index contributed by atoms with van der Waals surface area (Å²) in [6.07, 6.45) is 7.72. The van der Waals surface area contributed by atoms with Gasteiger partial charge in [-0.3, -0.25) is 4.99 Å². The summed E-state index contributed by atoms with van der Waals surface area (Å²) in [5.74, 6) is 1.27. The Bertz CT molecular complexity index is 484. The first-order valence-corrected chi connectivity index (χ1v) is 8.71. The summed E-state index contributed by atoms with van der Waals surface area (Å²) in [6, 6.07) is 7.68. The summed E-state index contributed by atoms with van der Waals surface area (Å²) in [5, 5.41) is 3.10. The van der Waals surface area contributed by atoms with Gasteiger partial charge in [0.1, 0.15) is 5.75 Å². The molecule has 0 radical (unpaired) electrons. The number of nitrogens with two attached hydrogens (primary N) is 1. The molecule has 1 aliphatic rings. The lowest BCUT2D eigenvalue weighted by atomic mass is 10.1. The fourth-order valence-electron chi connectivity index (χ4n) is 2.89. The molecule has 128 valence electrons. The quantitative estimate of drug-likeness (QED) is 0.439. The highest BCUT2D eigenvalue weighted by Gasteiger charge is 2.08. The molecule has 1 heterocycles. The van der Waals surface area contributed by atoms with Gasteiger partial charge in [0.05, 0.1) is 7.11 Å². The highest BCUT2D eigenvalue weighted by Crippen LogP contribution is 2.16. The lowest BCUT2D eigenvalue weighted by Gasteiger charge is -2.26. The minimum atomic E-state index is 0.467. The van der Waals surface area contributed by atoms with Crippen molar-refractivity contribution >= 4 is 11.6 Å². The molecule has 0 aromatic heterocycles. The maximum atomic E-state index is 5.92. The normalized spacial score (nSPS) is 16.3. The molecule has 5 nitrogen and oxygen atoms in total. The number of hydrogen-bond acceptors (Lipinski definition) is 3. The van der Waals surface area contributed by atoms with Gasteiger partial charge >= 0.3 is 0 Å². The highest BCUT2D eigenvalue weighted by molar-refractivity contribution is 5.92. The van der Waals surface area contributed by atoms with E-state index in [1.807, 2.05) is 24.3 Å². The molecule has 1 fully saturated rings. The second-order valence-electron chi connectivity index (χ2n) is 6.09. The van der Waals surface area contributed by atoms with Gasteiger partial charge in [-0.05, 0) is 57.5 Å². The molecule has 0 amide bonds. The van der Waals surface area contributed by atoms with Crippen LogP contribution in [0.25, 0.3) is 0 Å². The van der Waals surface area contributed by atoms with Gasteiger partial charge in [-0.2, -0.15) is 0 Å². The molecule has 3 N–H and O–H groups in total. The van der Waals surface area contributed by atoms with Crippen LogP contribution in [-0.4, -0.2) is 44.1 Å². The molecule has 0 saturated carbocycles. The minimum absolute atomic E-state index is 0.467. The lowest BCUT2D eigenvalue weighted by Crippen LogP contribution is -2.30. The van der Waals surface area contributed by atoms with E-state index in [-0.39, 0.29) is 0 Å². The summed E-state index contributed by atoms with van der Waals surface area (Å²) >= 11 is 0. The van der Waals surface area contributed by atoms with Crippen LogP contribution < -0.4 is 15.8 Å². The van der Waals surface area contributed by atoms with E-state index in [0.717, 1.165) is 24.4 Å². The minimum Gasteiger partial charge on any atom is -0.497 e. The van der Waals surface area contributed by atoms with E-state index in [0.29, 0.717) is 5.96 Å². The predicted octanol–water partition coefficient (Wildman–Crippen LogP) is 3.08. The van der Waals surface area contributed by atoms with Crippen molar-refractivity contribution in [1.29, 1.82) is 0 Å². The van der Waals surface area contributed by atoms with Crippen molar-refractivity contribution in [2.75, 3.05) is 38.6 Å². The van der Waals surface area contributed by atoms with Crippen molar-refractivity contribution in [2.45, 2.75) is 38.5 Å². The number of likely N-dealkylation sites (tertiary alicyclic amines) is 1. The molecular weight excluding hydrogens is 288 g/mol. The van der Waals surface area contributed by atoms with Crippen LogP contribution in [0.2, 0.25) is 0 Å². The SMILES string of the molecule is COc1cccc(NC(N)=NCCCCCN2CCCCC2)c1. The third-order valence-corrected chi connectivity index (χ3v) is 4.21. The van der Waals surface area contributed by atoms with Gasteiger partial charge in [-0.1, -0.05) is 18.9 Å². The average Bonchev–Trinajstić information content (AvgIpc) is 2.59. The molecule has 0 bridgehead atoms. The van der Waals surface area contributed by atoms with Crippen molar-refractivity contribution in [3.8, 4) is 5.75 Å². The Labute approximate surface area is 139 Å². The van der Waals surface area contributed by atoms with Gasteiger partial charge in [0.2, 0.25) is 0 Å². The van der Waals surface area contributed by atoms with Crippen LogP contribution in [0, 0.1) is 0 Å². The number of guanidine groups is 1. The maximum absolute atomic E-state index is 5.92. The van der Waals surface area contributed by atoms with Crippen LogP contribution >= 0.6 is 0 Å². The molecule has 1 saturated heterocycles. The number of anilines is 1. The number of aliphatic imine (C=N–C) groups is 1. The lowest BCUT2D eigenvalue weighted by molar-refractivity contribution is 0.224. The van der Waals surface area contributed by atoms with E-state index in [9.17, 15) is 0 Å². The Kier molecular flexibility index (Phi) is 7.73. The summed E-state index contributed by atoms with van der Waals surface area (Å²) in [5.41, 5.74) is 6.82. The van der Waals surface area contributed by atoms with E-state index < -0.39 is 0 Å². The number of benzene rings is 1. The molecule has 1 aromatic rings. The van der Waals surface area contributed by atoms with Crippen molar-refractivity contribution < 1.29 is 4.74 Å². The fourth-order valence-corrected chi connectivity index (χ4v) is 2.89. The van der Waals surface area contributed by atoms with Crippen LogP contribution in [0.4, 0.5) is 5.69 Å². The van der Waals surface area contributed by atoms with Crippen molar-refractivity contribution in [3.05, 3.63) is 24.3 Å². The first kappa shape index (κ1) is 17.6. The third kappa shape index (κ3) is 6.91. The summed E-state index contributed by atoms with van der Waals surface area (Å²) in [6.45, 7) is 4.59. The van der Waals surface area contributed by atoms with Gasteiger partial charge in [0.25, 0.3) is 0 Å². The topological polar surface area (TPSA) is 62.9 Å². The van der Waals surface area contributed by atoms with Crippen LogP contribution in [-0.2, 0) is 0 Å². The average molecular weight is 318 g/mol. The molecule has 0 atom stereocenters. The molecule has 5 heteroatoms. The molecule has 0 unspecified atom stereocenters. The van der Waals surface area contributed by atoms with E-state index >= 15 is 0 Å². The van der Waals surface area contributed by atoms with Gasteiger partial charge in [-0.25, -0.2) is 0 Å². The molecule has 0 aliphatic carbocycles. The van der Waals surface area contributed by atoms with Crippen molar-refractivity contribution in [1.82, 2.24) is 4.90 Å². The predicted molar refractivity (Wildman–Crippen MR) is 97.2 cm³/mol. The fraction of sp³-hybridized carbons (Fsp3) is 0.611. The Morgan fingerprint density at radius 1 is 1.22 bits per heavy atom. The maximum Gasteiger partial charge on any atom is 0.193 e. The number of ether oxygens (including phenoxy) is 1. The molecule has 0 spiro atoms.